The van der Waals surface area contributed by atoms with Gasteiger partial charge in [0, 0.05) is 25.8 Å². The summed E-state index contributed by atoms with van der Waals surface area (Å²) in [6.07, 6.45) is 3.03. The van der Waals surface area contributed by atoms with Crippen molar-refractivity contribution in [3.8, 4) is 0 Å². The predicted molar refractivity (Wildman–Crippen MR) is 69.6 cm³/mol. The second-order valence-electron chi connectivity index (χ2n) is 4.63. The van der Waals surface area contributed by atoms with Crippen molar-refractivity contribution in [2.75, 3.05) is 18.5 Å². The molecule has 0 radical (unpaired) electrons. The zero-order valence-electron chi connectivity index (χ0n) is 10.8. The lowest BCUT2D eigenvalue weighted by atomic mass is 10.1. The van der Waals surface area contributed by atoms with E-state index in [9.17, 15) is 0 Å². The molecule has 90 valence electrons. The monoisotopic (exact) mass is 221 g/mol. The minimum absolute atomic E-state index is 0.0683. The molecule has 2 atom stereocenters. The van der Waals surface area contributed by atoms with Gasteiger partial charge in [0.2, 0.25) is 0 Å². The smallest absolute Gasteiger partial charge is 0.128 e. The maximum absolute atomic E-state index is 5.86. The molecule has 1 aromatic rings. The predicted octanol–water partition coefficient (Wildman–Crippen LogP) is 2.58. The third kappa shape index (κ3) is 3.49. The lowest BCUT2D eigenvalue weighted by Gasteiger charge is -2.22. The standard InChI is InChI=1S/C13H23N3/c1-5-10(2)9-16(4)13-8-12(11(3)14)6-7-15-13/h6-8,10-11H,5,9,14H2,1-4H3/t10?,11-/m1/s1. The van der Waals surface area contributed by atoms with E-state index >= 15 is 0 Å². The Morgan fingerprint density at radius 3 is 2.69 bits per heavy atom. The average molecular weight is 221 g/mol. The summed E-state index contributed by atoms with van der Waals surface area (Å²) in [7, 11) is 2.08. The van der Waals surface area contributed by atoms with E-state index in [1.807, 2.05) is 19.2 Å². The summed E-state index contributed by atoms with van der Waals surface area (Å²) >= 11 is 0. The van der Waals surface area contributed by atoms with Crippen LogP contribution in [0.1, 0.15) is 38.8 Å². The molecule has 1 unspecified atom stereocenters. The van der Waals surface area contributed by atoms with Crippen LogP contribution in [0, 0.1) is 5.92 Å². The lowest BCUT2D eigenvalue weighted by Crippen LogP contribution is -2.24. The summed E-state index contributed by atoms with van der Waals surface area (Å²) in [5.41, 5.74) is 7.00. The molecular formula is C13H23N3. The highest BCUT2D eigenvalue weighted by Gasteiger charge is 2.08. The molecule has 0 aromatic carbocycles. The van der Waals surface area contributed by atoms with E-state index in [2.05, 4.69) is 36.8 Å². The fourth-order valence-corrected chi connectivity index (χ4v) is 1.62. The summed E-state index contributed by atoms with van der Waals surface area (Å²) in [5, 5.41) is 0. The van der Waals surface area contributed by atoms with Gasteiger partial charge in [-0.2, -0.15) is 0 Å². The highest BCUT2D eigenvalue weighted by Crippen LogP contribution is 2.17. The van der Waals surface area contributed by atoms with Crippen LogP contribution in [0.2, 0.25) is 0 Å². The van der Waals surface area contributed by atoms with Crippen LogP contribution in [0.15, 0.2) is 18.3 Å². The Morgan fingerprint density at radius 2 is 2.12 bits per heavy atom. The zero-order chi connectivity index (χ0) is 12.1. The molecule has 16 heavy (non-hydrogen) atoms. The Balaban J connectivity index is 2.75. The van der Waals surface area contributed by atoms with Crippen LogP contribution in [0.5, 0.6) is 0 Å². The van der Waals surface area contributed by atoms with Crippen LogP contribution >= 0.6 is 0 Å². The van der Waals surface area contributed by atoms with E-state index in [0.29, 0.717) is 5.92 Å². The van der Waals surface area contributed by atoms with Crippen molar-refractivity contribution in [2.45, 2.75) is 33.2 Å². The van der Waals surface area contributed by atoms with Crippen molar-refractivity contribution in [1.82, 2.24) is 4.98 Å². The third-order valence-corrected chi connectivity index (χ3v) is 2.97. The van der Waals surface area contributed by atoms with Crippen molar-refractivity contribution in [3.63, 3.8) is 0 Å². The maximum Gasteiger partial charge on any atom is 0.128 e. The fraction of sp³-hybridized carbons (Fsp3) is 0.615. The van der Waals surface area contributed by atoms with Gasteiger partial charge in [0.25, 0.3) is 0 Å². The van der Waals surface area contributed by atoms with Gasteiger partial charge < -0.3 is 10.6 Å². The number of nitrogens with zero attached hydrogens (tertiary/aromatic N) is 2. The van der Waals surface area contributed by atoms with E-state index in [1.54, 1.807) is 0 Å². The Morgan fingerprint density at radius 1 is 1.44 bits per heavy atom. The minimum Gasteiger partial charge on any atom is -0.359 e. The number of aromatic nitrogens is 1. The molecule has 0 amide bonds. The van der Waals surface area contributed by atoms with Crippen LogP contribution in [0.25, 0.3) is 0 Å². The van der Waals surface area contributed by atoms with Gasteiger partial charge in [-0.15, -0.1) is 0 Å². The highest BCUT2D eigenvalue weighted by atomic mass is 15.2. The molecule has 0 aliphatic carbocycles. The molecule has 0 aliphatic rings. The molecule has 1 aromatic heterocycles. The Kier molecular flexibility index (Phi) is 4.74. The fourth-order valence-electron chi connectivity index (χ4n) is 1.62. The molecule has 3 nitrogen and oxygen atoms in total. The maximum atomic E-state index is 5.86. The molecule has 0 spiro atoms. The second kappa shape index (κ2) is 5.85. The molecule has 0 aliphatic heterocycles. The van der Waals surface area contributed by atoms with Crippen LogP contribution < -0.4 is 10.6 Å². The van der Waals surface area contributed by atoms with Crippen LogP contribution in [-0.2, 0) is 0 Å². The van der Waals surface area contributed by atoms with Crippen molar-refractivity contribution in [2.24, 2.45) is 11.7 Å². The summed E-state index contributed by atoms with van der Waals surface area (Å²) in [6, 6.07) is 4.12. The van der Waals surface area contributed by atoms with Crippen molar-refractivity contribution in [3.05, 3.63) is 23.9 Å². The molecule has 0 fully saturated rings. The summed E-state index contributed by atoms with van der Waals surface area (Å²) < 4.78 is 0. The minimum atomic E-state index is 0.0683. The van der Waals surface area contributed by atoms with Crippen LogP contribution in [0.4, 0.5) is 5.82 Å². The zero-order valence-corrected chi connectivity index (χ0v) is 10.8. The number of anilines is 1. The van der Waals surface area contributed by atoms with Gasteiger partial charge in [-0.3, -0.25) is 0 Å². The van der Waals surface area contributed by atoms with E-state index in [-0.39, 0.29) is 6.04 Å². The first-order valence-corrected chi connectivity index (χ1v) is 5.97. The van der Waals surface area contributed by atoms with Gasteiger partial charge in [-0.25, -0.2) is 4.98 Å². The van der Waals surface area contributed by atoms with Gasteiger partial charge in [-0.05, 0) is 30.5 Å². The van der Waals surface area contributed by atoms with Gasteiger partial charge in [0.15, 0.2) is 0 Å². The SMILES string of the molecule is CCC(C)CN(C)c1cc([C@@H](C)N)ccn1. The molecule has 1 heterocycles. The molecule has 0 bridgehead atoms. The molecule has 2 N–H and O–H groups in total. The third-order valence-electron chi connectivity index (χ3n) is 2.97. The van der Waals surface area contributed by atoms with Crippen molar-refractivity contribution in [1.29, 1.82) is 0 Å². The first-order valence-electron chi connectivity index (χ1n) is 5.97. The molecule has 0 saturated carbocycles. The molecule has 3 heteroatoms. The number of nitrogens with two attached hydrogens (primary N) is 1. The number of hydrogen-bond donors (Lipinski definition) is 1. The van der Waals surface area contributed by atoms with Crippen LogP contribution in [-0.4, -0.2) is 18.6 Å². The van der Waals surface area contributed by atoms with Gasteiger partial charge >= 0.3 is 0 Å². The van der Waals surface area contributed by atoms with Crippen LogP contribution in [0.3, 0.4) is 0 Å². The van der Waals surface area contributed by atoms with E-state index in [4.69, 9.17) is 5.73 Å². The lowest BCUT2D eigenvalue weighted by molar-refractivity contribution is 0.557. The highest BCUT2D eigenvalue weighted by molar-refractivity contribution is 5.40. The van der Waals surface area contributed by atoms with Crippen molar-refractivity contribution < 1.29 is 0 Å². The van der Waals surface area contributed by atoms with Gasteiger partial charge in [0.05, 0.1) is 0 Å². The van der Waals surface area contributed by atoms with E-state index < -0.39 is 0 Å². The largest absolute Gasteiger partial charge is 0.359 e. The molecule has 1 rings (SSSR count). The first kappa shape index (κ1) is 13.0. The van der Waals surface area contributed by atoms with Crippen molar-refractivity contribution >= 4 is 5.82 Å². The number of rotatable bonds is 5. The van der Waals surface area contributed by atoms with Gasteiger partial charge in [0.1, 0.15) is 5.82 Å². The summed E-state index contributed by atoms with van der Waals surface area (Å²) in [4.78, 5) is 6.57. The topological polar surface area (TPSA) is 42.1 Å². The first-order chi connectivity index (χ1) is 7.54. The van der Waals surface area contributed by atoms with E-state index in [1.165, 1.54) is 6.42 Å². The Hall–Kier alpha value is -1.09. The average Bonchev–Trinajstić information content (AvgIpc) is 2.28. The second-order valence-corrected chi connectivity index (χ2v) is 4.63. The van der Waals surface area contributed by atoms with E-state index in [0.717, 1.165) is 17.9 Å². The molecule has 0 saturated heterocycles. The summed E-state index contributed by atoms with van der Waals surface area (Å²) in [6.45, 7) is 7.50. The molecular weight excluding hydrogens is 198 g/mol. The number of pyridine rings is 1. The normalized spacial score (nSPS) is 14.6. The summed E-state index contributed by atoms with van der Waals surface area (Å²) in [5.74, 6) is 1.70. The van der Waals surface area contributed by atoms with Gasteiger partial charge in [-0.1, -0.05) is 20.3 Å². The number of hydrogen-bond acceptors (Lipinski definition) is 3. The Labute approximate surface area is 98.7 Å². The Bertz CT molecular complexity index is 323. The quantitative estimate of drug-likeness (QED) is 0.831.